The number of rotatable bonds is 2. The van der Waals surface area contributed by atoms with Crippen LogP contribution < -0.4 is 5.32 Å². The van der Waals surface area contributed by atoms with E-state index in [1.165, 1.54) is 0 Å². The average molecular weight is 348 g/mol. The maximum atomic E-state index is 12.3. The second-order valence-corrected chi connectivity index (χ2v) is 6.52. The maximum absolute atomic E-state index is 12.3. The van der Waals surface area contributed by atoms with Crippen LogP contribution in [0.3, 0.4) is 0 Å². The molecule has 0 spiro atoms. The van der Waals surface area contributed by atoms with Crippen LogP contribution in [-0.2, 0) is 4.79 Å². The Kier molecular flexibility index (Phi) is 3.03. The Morgan fingerprint density at radius 2 is 2.23 bits per heavy atom. The molecular formula is C18H16N6O2. The number of furan rings is 1. The summed E-state index contributed by atoms with van der Waals surface area (Å²) in [6.07, 6.45) is 3.71. The molecule has 0 saturated heterocycles. The second-order valence-electron chi connectivity index (χ2n) is 6.52. The normalized spacial score (nSPS) is 16.7. The van der Waals surface area contributed by atoms with Crippen molar-refractivity contribution in [2.75, 3.05) is 5.32 Å². The van der Waals surface area contributed by atoms with E-state index in [2.05, 4.69) is 25.6 Å². The van der Waals surface area contributed by atoms with Crippen molar-refractivity contribution < 1.29 is 9.21 Å². The molecule has 5 heterocycles. The Morgan fingerprint density at radius 1 is 1.35 bits per heavy atom. The molecule has 4 aromatic heterocycles. The van der Waals surface area contributed by atoms with E-state index in [-0.39, 0.29) is 11.8 Å². The first kappa shape index (κ1) is 14.9. The van der Waals surface area contributed by atoms with E-state index in [1.807, 2.05) is 32.0 Å². The zero-order valence-electron chi connectivity index (χ0n) is 14.3. The lowest BCUT2D eigenvalue weighted by Crippen LogP contribution is -2.23. The number of carbonyl (C=O) groups is 1. The van der Waals surface area contributed by atoms with Gasteiger partial charge in [0.05, 0.1) is 12.5 Å². The fraction of sp³-hybridized carbons (Fsp3) is 0.222. The Balaban J connectivity index is 1.75. The third kappa shape index (κ3) is 2.08. The molecule has 5 rings (SSSR count). The maximum Gasteiger partial charge on any atom is 0.226 e. The van der Waals surface area contributed by atoms with Crippen molar-refractivity contribution in [1.29, 1.82) is 0 Å². The first-order valence-corrected chi connectivity index (χ1v) is 8.35. The largest absolute Gasteiger partial charge is 0.463 e. The predicted octanol–water partition coefficient (Wildman–Crippen LogP) is 2.80. The first-order chi connectivity index (χ1) is 12.6. The molecule has 1 atom stereocenters. The molecule has 0 fully saturated rings. The molecule has 0 saturated carbocycles. The standard InChI is InChI=1S/C18H16N6O2/c1-9-6-10(2)24-18(20-9)12(8-19-24)11-7-14(25)21-17-15(11)16(22-23-17)13-4-3-5-26-13/h3-6,8,11H,7H2,1-2H3,(H2,21,22,23,25)/t11-/m0/s1. The molecule has 1 aliphatic rings. The number of aromatic nitrogens is 5. The van der Waals surface area contributed by atoms with Crippen LogP contribution in [0.1, 0.15) is 34.9 Å². The van der Waals surface area contributed by atoms with Crippen LogP contribution in [0, 0.1) is 13.8 Å². The van der Waals surface area contributed by atoms with Gasteiger partial charge in [0.15, 0.2) is 17.2 Å². The lowest BCUT2D eigenvalue weighted by molar-refractivity contribution is -0.116. The molecule has 0 bridgehead atoms. The molecule has 8 heteroatoms. The molecule has 1 aliphatic heterocycles. The summed E-state index contributed by atoms with van der Waals surface area (Å²) < 4.78 is 7.35. The molecule has 0 aromatic carbocycles. The minimum Gasteiger partial charge on any atom is -0.463 e. The lowest BCUT2D eigenvalue weighted by Gasteiger charge is -2.22. The van der Waals surface area contributed by atoms with Gasteiger partial charge < -0.3 is 9.73 Å². The van der Waals surface area contributed by atoms with Crippen molar-refractivity contribution in [3.63, 3.8) is 0 Å². The highest BCUT2D eigenvalue weighted by molar-refractivity contribution is 5.96. The minimum absolute atomic E-state index is 0.0799. The highest BCUT2D eigenvalue weighted by atomic mass is 16.3. The Bertz CT molecular complexity index is 1140. The summed E-state index contributed by atoms with van der Waals surface area (Å²) in [6, 6.07) is 5.67. The molecule has 26 heavy (non-hydrogen) atoms. The second kappa shape index (κ2) is 5.29. The van der Waals surface area contributed by atoms with E-state index in [4.69, 9.17) is 4.42 Å². The quantitative estimate of drug-likeness (QED) is 0.580. The molecule has 1 amide bonds. The van der Waals surface area contributed by atoms with Crippen molar-refractivity contribution in [2.24, 2.45) is 0 Å². The SMILES string of the molecule is Cc1cc(C)n2ncc([C@@H]3CC(=O)Nc4n[nH]c(-c5ccco5)c43)c2n1. The zero-order chi connectivity index (χ0) is 17.8. The number of nitrogens with one attached hydrogen (secondary N) is 2. The van der Waals surface area contributed by atoms with Gasteiger partial charge in [0, 0.05) is 34.9 Å². The van der Waals surface area contributed by atoms with Gasteiger partial charge in [-0.05, 0) is 32.0 Å². The molecule has 8 nitrogen and oxygen atoms in total. The molecule has 0 radical (unpaired) electrons. The third-order valence-electron chi connectivity index (χ3n) is 4.75. The number of aryl methyl sites for hydroxylation is 2. The van der Waals surface area contributed by atoms with Crippen molar-refractivity contribution in [3.05, 3.63) is 53.2 Å². The van der Waals surface area contributed by atoms with Gasteiger partial charge in [-0.15, -0.1) is 0 Å². The average Bonchev–Trinajstić information content (AvgIpc) is 3.32. The molecular weight excluding hydrogens is 332 g/mol. The van der Waals surface area contributed by atoms with Gasteiger partial charge >= 0.3 is 0 Å². The number of amides is 1. The molecule has 2 N–H and O–H groups in total. The van der Waals surface area contributed by atoms with Gasteiger partial charge in [0.25, 0.3) is 0 Å². The van der Waals surface area contributed by atoms with Crippen molar-refractivity contribution in [1.82, 2.24) is 24.8 Å². The highest BCUT2D eigenvalue weighted by Crippen LogP contribution is 2.42. The monoisotopic (exact) mass is 348 g/mol. The van der Waals surface area contributed by atoms with Crippen molar-refractivity contribution in [2.45, 2.75) is 26.2 Å². The van der Waals surface area contributed by atoms with Crippen LogP contribution in [0.5, 0.6) is 0 Å². The number of H-pyrrole nitrogens is 1. The summed E-state index contributed by atoms with van der Waals surface area (Å²) in [4.78, 5) is 16.9. The van der Waals surface area contributed by atoms with E-state index in [0.29, 0.717) is 18.0 Å². The lowest BCUT2D eigenvalue weighted by atomic mass is 9.86. The van der Waals surface area contributed by atoms with Gasteiger partial charge in [-0.3, -0.25) is 9.89 Å². The van der Waals surface area contributed by atoms with E-state index in [9.17, 15) is 4.79 Å². The fourth-order valence-electron chi connectivity index (χ4n) is 3.66. The zero-order valence-corrected chi connectivity index (χ0v) is 14.3. The number of anilines is 1. The molecule has 130 valence electrons. The highest BCUT2D eigenvalue weighted by Gasteiger charge is 2.34. The van der Waals surface area contributed by atoms with E-state index < -0.39 is 0 Å². The topological polar surface area (TPSA) is 101 Å². The number of nitrogens with zero attached hydrogens (tertiary/aromatic N) is 4. The summed E-state index contributed by atoms with van der Waals surface area (Å²) in [5.74, 6) is 0.922. The molecule has 0 aliphatic carbocycles. The smallest absolute Gasteiger partial charge is 0.226 e. The summed E-state index contributed by atoms with van der Waals surface area (Å²) >= 11 is 0. The van der Waals surface area contributed by atoms with E-state index in [1.54, 1.807) is 17.0 Å². The van der Waals surface area contributed by atoms with Gasteiger partial charge in [0.1, 0.15) is 5.69 Å². The van der Waals surface area contributed by atoms with Crippen LogP contribution >= 0.6 is 0 Å². The summed E-state index contributed by atoms with van der Waals surface area (Å²) in [6.45, 7) is 3.94. The van der Waals surface area contributed by atoms with Crippen LogP contribution in [0.25, 0.3) is 17.1 Å². The number of carbonyl (C=O) groups excluding carboxylic acids is 1. The van der Waals surface area contributed by atoms with Crippen LogP contribution in [0.4, 0.5) is 5.82 Å². The van der Waals surface area contributed by atoms with Crippen molar-refractivity contribution >= 4 is 17.4 Å². The van der Waals surface area contributed by atoms with Crippen LogP contribution in [0.2, 0.25) is 0 Å². The predicted molar refractivity (Wildman–Crippen MR) is 93.8 cm³/mol. The summed E-state index contributed by atoms with van der Waals surface area (Å²) in [7, 11) is 0. The number of aromatic amines is 1. The number of fused-ring (bicyclic) bond motifs is 2. The summed E-state index contributed by atoms with van der Waals surface area (Å²) in [5, 5.41) is 14.6. The van der Waals surface area contributed by atoms with Gasteiger partial charge in [-0.2, -0.15) is 10.2 Å². The van der Waals surface area contributed by atoms with E-state index in [0.717, 1.165) is 33.9 Å². The Labute approximate surface area is 148 Å². The van der Waals surface area contributed by atoms with E-state index >= 15 is 0 Å². The molecule has 0 unspecified atom stereocenters. The first-order valence-electron chi connectivity index (χ1n) is 8.35. The summed E-state index contributed by atoms with van der Waals surface area (Å²) in [5.41, 5.74) is 5.24. The third-order valence-corrected chi connectivity index (χ3v) is 4.75. The van der Waals surface area contributed by atoms with Crippen LogP contribution in [0.15, 0.2) is 35.1 Å². The fourth-order valence-corrected chi connectivity index (χ4v) is 3.66. The van der Waals surface area contributed by atoms with Gasteiger partial charge in [-0.25, -0.2) is 9.50 Å². The Hall–Kier alpha value is -3.42. The number of hydrogen-bond acceptors (Lipinski definition) is 5. The molecule has 4 aromatic rings. The van der Waals surface area contributed by atoms with Gasteiger partial charge in [0.2, 0.25) is 5.91 Å². The van der Waals surface area contributed by atoms with Crippen molar-refractivity contribution in [3.8, 4) is 11.5 Å². The van der Waals surface area contributed by atoms with Gasteiger partial charge in [-0.1, -0.05) is 0 Å². The Morgan fingerprint density at radius 3 is 3.04 bits per heavy atom. The van der Waals surface area contributed by atoms with Crippen LogP contribution in [-0.4, -0.2) is 30.7 Å². The number of hydrogen-bond donors (Lipinski definition) is 2. The minimum atomic E-state index is -0.205.